The number of thiazole rings is 1. The standard InChI is InChI=1S/C20H21N3O4S/c1-2-3-10-26-16-8-5-4-7-15(16)22-18(24)12-14-13-28-20(21-14)23-19(25)17-9-6-11-27-17/h4-9,11,13H,2-3,10,12H2,1H3,(H,22,24)(H,21,23,25). The number of rotatable bonds is 9. The first-order valence-electron chi connectivity index (χ1n) is 8.96. The molecule has 0 aliphatic heterocycles. The SMILES string of the molecule is CCCCOc1ccccc1NC(=O)Cc1csc(NC(=O)c2ccco2)n1. The van der Waals surface area contributed by atoms with Gasteiger partial charge in [-0.2, -0.15) is 0 Å². The molecule has 0 unspecified atom stereocenters. The zero-order chi connectivity index (χ0) is 19.8. The molecule has 0 spiro atoms. The number of carbonyl (C=O) groups is 2. The van der Waals surface area contributed by atoms with Crippen molar-refractivity contribution in [3.8, 4) is 5.75 Å². The minimum atomic E-state index is -0.381. The molecule has 0 saturated carbocycles. The minimum absolute atomic E-state index is 0.0937. The van der Waals surface area contributed by atoms with Crippen LogP contribution in [0.15, 0.2) is 52.5 Å². The monoisotopic (exact) mass is 399 g/mol. The first-order chi connectivity index (χ1) is 13.7. The van der Waals surface area contributed by atoms with Crippen LogP contribution >= 0.6 is 11.3 Å². The third-order valence-corrected chi connectivity index (χ3v) is 4.58. The second-order valence-corrected chi connectivity index (χ2v) is 6.86. The molecule has 0 fully saturated rings. The van der Waals surface area contributed by atoms with Crippen molar-refractivity contribution in [1.29, 1.82) is 0 Å². The molecule has 3 aromatic rings. The van der Waals surface area contributed by atoms with Gasteiger partial charge in [0.25, 0.3) is 5.91 Å². The van der Waals surface area contributed by atoms with Gasteiger partial charge in [-0.1, -0.05) is 25.5 Å². The van der Waals surface area contributed by atoms with Crippen LogP contribution in [0.4, 0.5) is 10.8 Å². The fourth-order valence-electron chi connectivity index (χ4n) is 2.39. The lowest BCUT2D eigenvalue weighted by Gasteiger charge is -2.11. The number of amides is 2. The van der Waals surface area contributed by atoms with Crippen molar-refractivity contribution in [2.75, 3.05) is 17.2 Å². The number of furan rings is 1. The molecular weight excluding hydrogens is 378 g/mol. The van der Waals surface area contributed by atoms with E-state index in [1.807, 2.05) is 18.2 Å². The minimum Gasteiger partial charge on any atom is -0.491 e. The number of hydrogen-bond donors (Lipinski definition) is 2. The number of unbranched alkanes of at least 4 members (excludes halogenated alkanes) is 1. The van der Waals surface area contributed by atoms with Gasteiger partial charge >= 0.3 is 0 Å². The average Bonchev–Trinajstić information content (AvgIpc) is 3.35. The fraction of sp³-hybridized carbons (Fsp3) is 0.250. The van der Waals surface area contributed by atoms with Crippen LogP contribution in [-0.2, 0) is 11.2 Å². The lowest BCUT2D eigenvalue weighted by atomic mass is 10.2. The molecule has 2 amide bonds. The number of carbonyl (C=O) groups excluding carboxylic acids is 2. The third-order valence-electron chi connectivity index (χ3n) is 3.78. The van der Waals surface area contributed by atoms with Crippen LogP contribution in [0.2, 0.25) is 0 Å². The second kappa shape index (κ2) is 9.70. The Morgan fingerprint density at radius 3 is 2.82 bits per heavy atom. The molecule has 2 heterocycles. The summed E-state index contributed by atoms with van der Waals surface area (Å²) in [5.41, 5.74) is 1.20. The van der Waals surface area contributed by atoms with Crippen LogP contribution in [0, 0.1) is 0 Å². The van der Waals surface area contributed by atoms with Gasteiger partial charge in [-0.15, -0.1) is 11.3 Å². The number of aromatic nitrogens is 1. The first kappa shape index (κ1) is 19.6. The zero-order valence-corrected chi connectivity index (χ0v) is 16.3. The van der Waals surface area contributed by atoms with Gasteiger partial charge in [0, 0.05) is 5.38 Å². The Morgan fingerprint density at radius 1 is 1.18 bits per heavy atom. The molecule has 1 aromatic carbocycles. The van der Waals surface area contributed by atoms with Crippen LogP contribution in [0.5, 0.6) is 5.75 Å². The summed E-state index contributed by atoms with van der Waals surface area (Å²) in [4.78, 5) is 28.6. The van der Waals surface area contributed by atoms with E-state index in [0.29, 0.717) is 28.9 Å². The molecule has 146 valence electrons. The van der Waals surface area contributed by atoms with Crippen molar-refractivity contribution in [3.63, 3.8) is 0 Å². The van der Waals surface area contributed by atoms with Crippen molar-refractivity contribution in [3.05, 3.63) is 59.5 Å². The van der Waals surface area contributed by atoms with E-state index in [1.165, 1.54) is 17.6 Å². The lowest BCUT2D eigenvalue weighted by molar-refractivity contribution is -0.115. The number of hydrogen-bond acceptors (Lipinski definition) is 6. The van der Waals surface area contributed by atoms with Gasteiger partial charge in [-0.3, -0.25) is 14.9 Å². The van der Waals surface area contributed by atoms with Gasteiger partial charge in [0.1, 0.15) is 5.75 Å². The topological polar surface area (TPSA) is 93.5 Å². The highest BCUT2D eigenvalue weighted by Crippen LogP contribution is 2.24. The zero-order valence-electron chi connectivity index (χ0n) is 15.4. The summed E-state index contributed by atoms with van der Waals surface area (Å²) in [6.45, 7) is 2.70. The Kier molecular flexibility index (Phi) is 6.80. The quantitative estimate of drug-likeness (QED) is 0.522. The van der Waals surface area contributed by atoms with Gasteiger partial charge in [0.05, 0.1) is 30.7 Å². The molecule has 8 heteroatoms. The predicted molar refractivity (Wildman–Crippen MR) is 108 cm³/mol. The number of nitrogens with zero attached hydrogens (tertiary/aromatic N) is 1. The molecule has 2 aromatic heterocycles. The maximum atomic E-state index is 12.4. The second-order valence-electron chi connectivity index (χ2n) is 6.00. The smallest absolute Gasteiger partial charge is 0.293 e. The van der Waals surface area contributed by atoms with E-state index in [2.05, 4.69) is 22.5 Å². The number of nitrogens with one attached hydrogen (secondary N) is 2. The molecule has 0 radical (unpaired) electrons. The summed E-state index contributed by atoms with van der Waals surface area (Å²) < 4.78 is 10.8. The van der Waals surface area contributed by atoms with Gasteiger partial charge in [0.15, 0.2) is 10.9 Å². The number of benzene rings is 1. The van der Waals surface area contributed by atoms with Crippen LogP contribution in [0.25, 0.3) is 0 Å². The lowest BCUT2D eigenvalue weighted by Crippen LogP contribution is -2.16. The van der Waals surface area contributed by atoms with E-state index in [-0.39, 0.29) is 24.0 Å². The van der Waals surface area contributed by atoms with E-state index in [1.54, 1.807) is 23.6 Å². The van der Waals surface area contributed by atoms with Crippen molar-refractivity contribution >= 4 is 34.0 Å². The highest BCUT2D eigenvalue weighted by Gasteiger charge is 2.14. The molecule has 0 atom stereocenters. The van der Waals surface area contributed by atoms with Gasteiger partial charge in [-0.05, 0) is 30.7 Å². The Bertz CT molecular complexity index is 921. The Hall–Kier alpha value is -3.13. The Morgan fingerprint density at radius 2 is 2.04 bits per heavy atom. The normalized spacial score (nSPS) is 10.5. The van der Waals surface area contributed by atoms with Crippen LogP contribution in [-0.4, -0.2) is 23.4 Å². The fourth-order valence-corrected chi connectivity index (χ4v) is 3.10. The molecular formula is C20H21N3O4S. The molecule has 28 heavy (non-hydrogen) atoms. The molecule has 2 N–H and O–H groups in total. The van der Waals surface area contributed by atoms with Crippen LogP contribution < -0.4 is 15.4 Å². The molecule has 0 aliphatic carbocycles. The summed E-state index contributed by atoms with van der Waals surface area (Å²) in [5, 5.41) is 7.65. The molecule has 0 saturated heterocycles. The Labute approximate surface area is 166 Å². The van der Waals surface area contributed by atoms with Gasteiger partial charge < -0.3 is 14.5 Å². The molecule has 0 bridgehead atoms. The highest BCUT2D eigenvalue weighted by molar-refractivity contribution is 7.14. The van der Waals surface area contributed by atoms with Crippen molar-refractivity contribution in [2.45, 2.75) is 26.2 Å². The Balaban J connectivity index is 1.56. The van der Waals surface area contributed by atoms with Crippen LogP contribution in [0.3, 0.4) is 0 Å². The van der Waals surface area contributed by atoms with Crippen molar-refractivity contribution < 1.29 is 18.7 Å². The number of anilines is 2. The molecule has 3 rings (SSSR count). The van der Waals surface area contributed by atoms with Crippen molar-refractivity contribution in [2.24, 2.45) is 0 Å². The maximum absolute atomic E-state index is 12.4. The van der Waals surface area contributed by atoms with E-state index in [4.69, 9.17) is 9.15 Å². The first-order valence-corrected chi connectivity index (χ1v) is 9.84. The summed E-state index contributed by atoms with van der Waals surface area (Å²) >= 11 is 1.25. The third kappa shape index (κ3) is 5.43. The average molecular weight is 399 g/mol. The van der Waals surface area contributed by atoms with E-state index >= 15 is 0 Å². The van der Waals surface area contributed by atoms with Gasteiger partial charge in [0.2, 0.25) is 5.91 Å². The van der Waals surface area contributed by atoms with E-state index in [0.717, 1.165) is 12.8 Å². The molecule has 7 nitrogen and oxygen atoms in total. The number of para-hydroxylation sites is 2. The van der Waals surface area contributed by atoms with Crippen LogP contribution in [0.1, 0.15) is 36.0 Å². The largest absolute Gasteiger partial charge is 0.491 e. The van der Waals surface area contributed by atoms with E-state index in [9.17, 15) is 9.59 Å². The predicted octanol–water partition coefficient (Wildman–Crippen LogP) is 4.35. The van der Waals surface area contributed by atoms with Crippen molar-refractivity contribution in [1.82, 2.24) is 4.98 Å². The highest BCUT2D eigenvalue weighted by atomic mass is 32.1. The molecule has 0 aliphatic rings. The summed E-state index contributed by atoms with van der Waals surface area (Å²) in [7, 11) is 0. The van der Waals surface area contributed by atoms with Gasteiger partial charge in [-0.25, -0.2) is 4.98 Å². The number of ether oxygens (including phenoxy) is 1. The summed E-state index contributed by atoms with van der Waals surface area (Å²) in [5.74, 6) is 0.261. The summed E-state index contributed by atoms with van der Waals surface area (Å²) in [6, 6.07) is 10.5. The maximum Gasteiger partial charge on any atom is 0.293 e. The summed E-state index contributed by atoms with van der Waals surface area (Å²) in [6.07, 6.45) is 3.51. The van der Waals surface area contributed by atoms with E-state index < -0.39 is 0 Å².